The molecule has 0 aliphatic rings. The summed E-state index contributed by atoms with van der Waals surface area (Å²) in [5.74, 6) is 1.64. The van der Waals surface area contributed by atoms with E-state index in [4.69, 9.17) is 15.9 Å². The molecule has 0 saturated carbocycles. The van der Waals surface area contributed by atoms with Gasteiger partial charge in [-0.1, -0.05) is 19.9 Å². The smallest absolute Gasteiger partial charge is 0.129 e. The third-order valence-electron chi connectivity index (χ3n) is 2.14. The van der Waals surface area contributed by atoms with E-state index in [0.29, 0.717) is 16.6 Å². The van der Waals surface area contributed by atoms with Gasteiger partial charge in [-0.15, -0.1) is 0 Å². The number of nitrogens with two attached hydrogens (primary N) is 1. The minimum atomic E-state index is 0.0493. The number of ether oxygens (including phenoxy) is 1. The molecule has 0 radical (unpaired) electrons. The van der Waals surface area contributed by atoms with Crippen LogP contribution in [0.2, 0.25) is 0 Å². The van der Waals surface area contributed by atoms with Gasteiger partial charge in [0.05, 0.1) is 12.7 Å². The zero-order valence-electron chi connectivity index (χ0n) is 9.91. The first-order valence-electron chi connectivity index (χ1n) is 5.17. The maximum absolute atomic E-state index is 7.48. The average molecular weight is 238 g/mol. The standard InChI is InChI=1S/C12H18N2OS/c1-8(2)16-7-9-4-5-11(15-3)10(6-9)12(13)14/h4-6,8H,7H2,1-3H3,(H3,13,14). The molecule has 0 unspecified atom stereocenters. The molecule has 0 bridgehead atoms. The number of benzene rings is 1. The Kier molecular flexibility index (Phi) is 4.68. The average Bonchev–Trinajstić information content (AvgIpc) is 2.25. The van der Waals surface area contributed by atoms with Crippen LogP contribution < -0.4 is 10.5 Å². The number of thioether (sulfide) groups is 1. The molecule has 88 valence electrons. The molecule has 0 fully saturated rings. The van der Waals surface area contributed by atoms with Crippen LogP contribution in [0, 0.1) is 5.41 Å². The molecule has 0 aromatic heterocycles. The lowest BCUT2D eigenvalue weighted by atomic mass is 10.1. The maximum atomic E-state index is 7.48. The molecule has 16 heavy (non-hydrogen) atoms. The number of rotatable bonds is 5. The summed E-state index contributed by atoms with van der Waals surface area (Å²) in [7, 11) is 1.59. The summed E-state index contributed by atoms with van der Waals surface area (Å²) >= 11 is 1.87. The van der Waals surface area contributed by atoms with E-state index in [2.05, 4.69) is 13.8 Å². The zero-order chi connectivity index (χ0) is 12.1. The van der Waals surface area contributed by atoms with Crippen molar-refractivity contribution in [3.8, 4) is 5.75 Å². The number of hydrogen-bond acceptors (Lipinski definition) is 3. The summed E-state index contributed by atoms with van der Waals surface area (Å²) in [6, 6.07) is 5.81. The Balaban J connectivity index is 2.89. The molecule has 0 aliphatic carbocycles. The van der Waals surface area contributed by atoms with E-state index >= 15 is 0 Å². The second-order valence-corrected chi connectivity index (χ2v) is 5.37. The fraction of sp³-hybridized carbons (Fsp3) is 0.417. The molecule has 0 saturated heterocycles. The molecular formula is C12H18N2OS. The van der Waals surface area contributed by atoms with Crippen LogP contribution in [0.5, 0.6) is 5.75 Å². The molecule has 0 atom stereocenters. The van der Waals surface area contributed by atoms with Gasteiger partial charge in [0.15, 0.2) is 0 Å². The minimum absolute atomic E-state index is 0.0493. The first-order valence-corrected chi connectivity index (χ1v) is 6.22. The van der Waals surface area contributed by atoms with Crippen LogP contribution >= 0.6 is 11.8 Å². The van der Waals surface area contributed by atoms with Crippen LogP contribution in [-0.2, 0) is 5.75 Å². The van der Waals surface area contributed by atoms with Crippen molar-refractivity contribution >= 4 is 17.6 Å². The van der Waals surface area contributed by atoms with E-state index in [1.165, 1.54) is 5.56 Å². The van der Waals surface area contributed by atoms with Crippen molar-refractivity contribution in [3.63, 3.8) is 0 Å². The predicted octanol–water partition coefficient (Wildman–Crippen LogP) is 2.62. The second kappa shape index (κ2) is 5.80. The van der Waals surface area contributed by atoms with Gasteiger partial charge in [0, 0.05) is 5.75 Å². The Morgan fingerprint density at radius 3 is 2.69 bits per heavy atom. The molecule has 0 spiro atoms. The van der Waals surface area contributed by atoms with Gasteiger partial charge in [-0.05, 0) is 22.9 Å². The van der Waals surface area contributed by atoms with E-state index in [9.17, 15) is 0 Å². The molecule has 0 aliphatic heterocycles. The molecule has 3 N–H and O–H groups in total. The van der Waals surface area contributed by atoms with Crippen molar-refractivity contribution in [1.82, 2.24) is 0 Å². The van der Waals surface area contributed by atoms with Gasteiger partial charge >= 0.3 is 0 Å². The van der Waals surface area contributed by atoms with Crippen LogP contribution in [0.1, 0.15) is 25.0 Å². The van der Waals surface area contributed by atoms with Gasteiger partial charge in [-0.25, -0.2) is 0 Å². The third-order valence-corrected chi connectivity index (χ3v) is 3.30. The first-order chi connectivity index (χ1) is 7.54. The quantitative estimate of drug-likeness (QED) is 0.612. The van der Waals surface area contributed by atoms with E-state index < -0.39 is 0 Å². The Labute approximate surface area is 101 Å². The number of amidine groups is 1. The Bertz CT molecular complexity index is 377. The number of methoxy groups -OCH3 is 1. The summed E-state index contributed by atoms with van der Waals surface area (Å²) in [5.41, 5.74) is 7.35. The SMILES string of the molecule is COc1ccc(CSC(C)C)cc1C(=N)N. The lowest BCUT2D eigenvalue weighted by Gasteiger charge is -2.10. The highest BCUT2D eigenvalue weighted by Gasteiger charge is 2.07. The van der Waals surface area contributed by atoms with E-state index in [0.717, 1.165) is 5.75 Å². The van der Waals surface area contributed by atoms with Gasteiger partial charge in [0.25, 0.3) is 0 Å². The van der Waals surface area contributed by atoms with Crippen LogP contribution in [-0.4, -0.2) is 18.2 Å². The fourth-order valence-electron chi connectivity index (χ4n) is 1.32. The number of hydrogen-bond donors (Lipinski definition) is 2. The highest BCUT2D eigenvalue weighted by molar-refractivity contribution is 7.99. The van der Waals surface area contributed by atoms with Gasteiger partial charge in [0.1, 0.15) is 11.6 Å². The van der Waals surface area contributed by atoms with Crippen LogP contribution in [0.3, 0.4) is 0 Å². The topological polar surface area (TPSA) is 59.1 Å². The molecule has 0 heterocycles. The van der Waals surface area contributed by atoms with Crippen molar-refractivity contribution in [3.05, 3.63) is 29.3 Å². The molecular weight excluding hydrogens is 220 g/mol. The van der Waals surface area contributed by atoms with Crippen molar-refractivity contribution < 1.29 is 4.74 Å². The van der Waals surface area contributed by atoms with Gasteiger partial charge in [0.2, 0.25) is 0 Å². The van der Waals surface area contributed by atoms with Crippen LogP contribution in [0.15, 0.2) is 18.2 Å². The second-order valence-electron chi connectivity index (χ2n) is 3.81. The minimum Gasteiger partial charge on any atom is -0.496 e. The summed E-state index contributed by atoms with van der Waals surface area (Å²) in [6.07, 6.45) is 0. The highest BCUT2D eigenvalue weighted by Crippen LogP contribution is 2.23. The third kappa shape index (κ3) is 3.45. The lowest BCUT2D eigenvalue weighted by Crippen LogP contribution is -2.13. The van der Waals surface area contributed by atoms with E-state index in [1.54, 1.807) is 7.11 Å². The summed E-state index contributed by atoms with van der Waals surface area (Å²) in [6.45, 7) is 4.33. The van der Waals surface area contributed by atoms with Crippen LogP contribution in [0.4, 0.5) is 0 Å². The summed E-state index contributed by atoms with van der Waals surface area (Å²) < 4.78 is 5.16. The molecule has 1 aromatic carbocycles. The maximum Gasteiger partial charge on any atom is 0.129 e. The highest BCUT2D eigenvalue weighted by atomic mass is 32.2. The van der Waals surface area contributed by atoms with Crippen molar-refractivity contribution in [2.45, 2.75) is 24.9 Å². The van der Waals surface area contributed by atoms with Crippen LogP contribution in [0.25, 0.3) is 0 Å². The Morgan fingerprint density at radius 2 is 2.19 bits per heavy atom. The van der Waals surface area contributed by atoms with Gasteiger partial charge in [-0.3, -0.25) is 5.41 Å². The monoisotopic (exact) mass is 238 g/mol. The molecule has 3 nitrogen and oxygen atoms in total. The molecule has 4 heteroatoms. The normalized spacial score (nSPS) is 10.5. The van der Waals surface area contributed by atoms with Crippen molar-refractivity contribution in [1.29, 1.82) is 5.41 Å². The summed E-state index contributed by atoms with van der Waals surface area (Å²) in [5, 5.41) is 8.08. The molecule has 0 amide bonds. The fourth-order valence-corrected chi connectivity index (χ4v) is 2.02. The van der Waals surface area contributed by atoms with E-state index in [-0.39, 0.29) is 5.84 Å². The molecule has 1 aromatic rings. The Hall–Kier alpha value is -1.16. The first kappa shape index (κ1) is 12.9. The number of nitrogen functional groups attached to an aromatic ring is 1. The van der Waals surface area contributed by atoms with E-state index in [1.807, 2.05) is 30.0 Å². The van der Waals surface area contributed by atoms with Crippen molar-refractivity contribution in [2.75, 3.05) is 7.11 Å². The number of nitrogens with one attached hydrogen (secondary N) is 1. The zero-order valence-corrected chi connectivity index (χ0v) is 10.7. The summed E-state index contributed by atoms with van der Waals surface area (Å²) in [4.78, 5) is 0. The largest absolute Gasteiger partial charge is 0.496 e. The predicted molar refractivity (Wildman–Crippen MR) is 70.4 cm³/mol. The van der Waals surface area contributed by atoms with Crippen molar-refractivity contribution in [2.24, 2.45) is 5.73 Å². The Morgan fingerprint density at radius 1 is 1.50 bits per heavy atom. The molecule has 1 rings (SSSR count). The van der Waals surface area contributed by atoms with Gasteiger partial charge in [-0.2, -0.15) is 11.8 Å². The lowest BCUT2D eigenvalue weighted by molar-refractivity contribution is 0.413. The van der Waals surface area contributed by atoms with Gasteiger partial charge < -0.3 is 10.5 Å².